The molecule has 7 nitrogen and oxygen atoms in total. The van der Waals surface area contributed by atoms with Gasteiger partial charge in [0.2, 0.25) is 0 Å². The maximum atomic E-state index is 11.5. The minimum absolute atomic E-state index is 0.104. The molecule has 0 saturated carbocycles. The number of carbonyl (C=O) groups is 2. The predicted octanol–water partition coefficient (Wildman–Crippen LogP) is -1.19. The van der Waals surface area contributed by atoms with Crippen LogP contribution in [0.1, 0.15) is 13.8 Å². The molecule has 2 fully saturated rings. The lowest BCUT2D eigenvalue weighted by molar-refractivity contribution is -0.210. The zero-order valence-corrected chi connectivity index (χ0v) is 9.88. The highest BCUT2D eigenvalue weighted by Gasteiger charge is 2.56. The minimum Gasteiger partial charge on any atom is -0.387 e. The summed E-state index contributed by atoms with van der Waals surface area (Å²) >= 11 is 0. The van der Waals surface area contributed by atoms with Gasteiger partial charge in [0.15, 0.2) is 12.1 Å². The van der Waals surface area contributed by atoms with Gasteiger partial charge in [-0.25, -0.2) is 0 Å². The van der Waals surface area contributed by atoms with Crippen LogP contribution in [0.3, 0.4) is 0 Å². The van der Waals surface area contributed by atoms with Crippen molar-refractivity contribution in [2.24, 2.45) is 0 Å². The molecule has 2 amide bonds. The van der Waals surface area contributed by atoms with Gasteiger partial charge in [0.1, 0.15) is 18.3 Å². The first-order valence-corrected chi connectivity index (χ1v) is 5.63. The van der Waals surface area contributed by atoms with Gasteiger partial charge in [-0.3, -0.25) is 14.9 Å². The van der Waals surface area contributed by atoms with Crippen LogP contribution in [0.15, 0.2) is 11.6 Å². The van der Waals surface area contributed by atoms with E-state index in [0.29, 0.717) is 0 Å². The van der Waals surface area contributed by atoms with Crippen molar-refractivity contribution in [3.05, 3.63) is 11.6 Å². The third-order valence-electron chi connectivity index (χ3n) is 3.11. The Labute approximate surface area is 103 Å². The quantitative estimate of drug-likeness (QED) is 0.572. The van der Waals surface area contributed by atoms with E-state index in [-0.39, 0.29) is 5.57 Å². The van der Waals surface area contributed by atoms with E-state index in [4.69, 9.17) is 14.2 Å². The lowest BCUT2D eigenvalue weighted by Gasteiger charge is -2.22. The van der Waals surface area contributed by atoms with Crippen molar-refractivity contribution in [3.63, 3.8) is 0 Å². The summed E-state index contributed by atoms with van der Waals surface area (Å²) in [5, 5.41) is 12.2. The molecule has 0 spiro atoms. The molecule has 3 aliphatic rings. The fourth-order valence-electron chi connectivity index (χ4n) is 2.39. The van der Waals surface area contributed by atoms with Gasteiger partial charge < -0.3 is 19.3 Å². The molecule has 3 heterocycles. The van der Waals surface area contributed by atoms with Gasteiger partial charge in [0, 0.05) is 6.08 Å². The number of aliphatic hydroxyl groups is 1. The molecule has 3 aliphatic heterocycles. The number of hydrogen-bond donors (Lipinski definition) is 2. The number of rotatable bonds is 1. The third-order valence-corrected chi connectivity index (χ3v) is 3.11. The fraction of sp³-hybridized carbons (Fsp3) is 0.636. The number of hydrogen-bond acceptors (Lipinski definition) is 6. The van der Waals surface area contributed by atoms with Crippen LogP contribution >= 0.6 is 0 Å². The van der Waals surface area contributed by atoms with Gasteiger partial charge in [-0.05, 0) is 13.8 Å². The molecule has 0 bridgehead atoms. The van der Waals surface area contributed by atoms with Gasteiger partial charge in [-0.15, -0.1) is 0 Å². The van der Waals surface area contributed by atoms with E-state index in [0.717, 1.165) is 6.08 Å². The third kappa shape index (κ3) is 1.67. The van der Waals surface area contributed by atoms with Crippen LogP contribution in [-0.2, 0) is 23.8 Å². The van der Waals surface area contributed by atoms with Crippen LogP contribution in [0.25, 0.3) is 0 Å². The van der Waals surface area contributed by atoms with Crippen LogP contribution in [0.5, 0.6) is 0 Å². The monoisotopic (exact) mass is 255 g/mol. The summed E-state index contributed by atoms with van der Waals surface area (Å²) in [4.78, 5) is 22.6. The number of aliphatic hydroxyl groups excluding tert-OH is 1. The second-order valence-corrected chi connectivity index (χ2v) is 4.93. The van der Waals surface area contributed by atoms with Crippen molar-refractivity contribution in [1.29, 1.82) is 0 Å². The highest BCUT2D eigenvalue weighted by atomic mass is 16.8. The standard InChI is InChI=1S/C11H13NO6/c1-11(2)17-8-6(14)7(16-10(8)18-11)4-3-5(13)12-9(4)15/h3,6-8,10,14H,1-2H3,(H,12,13,15)/t6-,7+,8+,10+/m0/s1. The number of ether oxygens (including phenoxy) is 3. The van der Waals surface area contributed by atoms with Crippen molar-refractivity contribution in [2.75, 3.05) is 0 Å². The Balaban J connectivity index is 1.81. The Morgan fingerprint density at radius 3 is 2.61 bits per heavy atom. The Morgan fingerprint density at radius 2 is 2.06 bits per heavy atom. The van der Waals surface area contributed by atoms with E-state index in [9.17, 15) is 14.7 Å². The van der Waals surface area contributed by atoms with Crippen molar-refractivity contribution < 1.29 is 28.9 Å². The molecular formula is C11H13NO6. The predicted molar refractivity (Wildman–Crippen MR) is 55.9 cm³/mol. The largest absolute Gasteiger partial charge is 0.387 e. The average Bonchev–Trinajstić information content (AvgIpc) is 2.81. The van der Waals surface area contributed by atoms with E-state index in [1.807, 2.05) is 0 Å². The average molecular weight is 255 g/mol. The molecule has 2 N–H and O–H groups in total. The summed E-state index contributed by atoms with van der Waals surface area (Å²) in [5.41, 5.74) is 0.104. The Kier molecular flexibility index (Phi) is 2.36. The van der Waals surface area contributed by atoms with E-state index in [2.05, 4.69) is 5.32 Å². The Hall–Kier alpha value is -1.28. The molecule has 0 unspecified atom stereocenters. The molecule has 0 aromatic heterocycles. The first kappa shape index (κ1) is 11.8. The zero-order valence-electron chi connectivity index (χ0n) is 9.88. The SMILES string of the molecule is CC1(C)O[C@H]2O[C@H](C3=CC(=O)NC3=O)[C@H](O)[C@H]2O1. The van der Waals surface area contributed by atoms with E-state index in [1.165, 1.54) is 0 Å². The summed E-state index contributed by atoms with van der Waals surface area (Å²) in [6, 6.07) is 0. The lowest BCUT2D eigenvalue weighted by atomic mass is 10.0. The van der Waals surface area contributed by atoms with Crippen molar-refractivity contribution in [1.82, 2.24) is 5.32 Å². The highest BCUT2D eigenvalue weighted by molar-refractivity contribution is 6.16. The Bertz CT molecular complexity index is 456. The second kappa shape index (κ2) is 3.61. The molecule has 18 heavy (non-hydrogen) atoms. The maximum Gasteiger partial charge on any atom is 0.256 e. The van der Waals surface area contributed by atoms with Gasteiger partial charge in [-0.2, -0.15) is 0 Å². The molecular weight excluding hydrogens is 242 g/mol. The van der Waals surface area contributed by atoms with Gasteiger partial charge in [-0.1, -0.05) is 0 Å². The number of amides is 2. The first-order valence-electron chi connectivity index (χ1n) is 5.63. The number of carbonyl (C=O) groups excluding carboxylic acids is 2. The number of imide groups is 1. The Morgan fingerprint density at radius 1 is 1.33 bits per heavy atom. The van der Waals surface area contributed by atoms with E-state index >= 15 is 0 Å². The minimum atomic E-state index is -1.04. The maximum absolute atomic E-state index is 11.5. The zero-order chi connectivity index (χ0) is 13.1. The number of fused-ring (bicyclic) bond motifs is 1. The molecule has 0 aromatic rings. The molecule has 3 rings (SSSR count). The summed E-state index contributed by atoms with van der Waals surface area (Å²) in [6.45, 7) is 3.42. The van der Waals surface area contributed by atoms with Crippen LogP contribution < -0.4 is 5.32 Å². The van der Waals surface area contributed by atoms with Gasteiger partial charge in [0.05, 0.1) is 5.57 Å². The highest BCUT2D eigenvalue weighted by Crippen LogP contribution is 2.39. The molecule has 0 radical (unpaired) electrons. The topological polar surface area (TPSA) is 94.1 Å². The first-order chi connectivity index (χ1) is 8.37. The summed E-state index contributed by atoms with van der Waals surface area (Å²) in [7, 11) is 0. The molecule has 98 valence electrons. The summed E-state index contributed by atoms with van der Waals surface area (Å²) < 4.78 is 16.4. The van der Waals surface area contributed by atoms with Crippen LogP contribution in [-0.4, -0.2) is 47.3 Å². The molecule has 0 aromatic carbocycles. The van der Waals surface area contributed by atoms with Gasteiger partial charge in [0.25, 0.3) is 11.8 Å². The normalized spacial score (nSPS) is 41.8. The van der Waals surface area contributed by atoms with Crippen LogP contribution in [0.4, 0.5) is 0 Å². The van der Waals surface area contributed by atoms with Crippen molar-refractivity contribution in [3.8, 4) is 0 Å². The smallest absolute Gasteiger partial charge is 0.256 e. The molecule has 7 heteroatoms. The van der Waals surface area contributed by atoms with Crippen molar-refractivity contribution in [2.45, 2.75) is 44.2 Å². The fourth-order valence-corrected chi connectivity index (χ4v) is 2.39. The van der Waals surface area contributed by atoms with Crippen LogP contribution in [0.2, 0.25) is 0 Å². The van der Waals surface area contributed by atoms with E-state index in [1.54, 1.807) is 13.8 Å². The molecule has 0 aliphatic carbocycles. The van der Waals surface area contributed by atoms with Crippen molar-refractivity contribution >= 4 is 11.8 Å². The van der Waals surface area contributed by atoms with Crippen LogP contribution in [0, 0.1) is 0 Å². The second-order valence-electron chi connectivity index (χ2n) is 4.93. The van der Waals surface area contributed by atoms with Gasteiger partial charge >= 0.3 is 0 Å². The summed E-state index contributed by atoms with van der Waals surface area (Å²) in [5.74, 6) is -1.89. The molecule has 2 saturated heterocycles. The van der Waals surface area contributed by atoms with E-state index < -0.39 is 42.2 Å². The summed E-state index contributed by atoms with van der Waals surface area (Å²) in [6.07, 6.45) is -2.20. The number of nitrogens with one attached hydrogen (secondary N) is 1. The molecule has 4 atom stereocenters. The lowest BCUT2D eigenvalue weighted by Crippen LogP contribution is -2.37.